The lowest BCUT2D eigenvalue weighted by atomic mass is 10.2. The quantitative estimate of drug-likeness (QED) is 0.874. The maximum Gasteiger partial charge on any atom is 0.0887 e. The minimum Gasteiger partial charge on any atom is -0.392 e. The highest BCUT2D eigenvalue weighted by Gasteiger charge is 2.10. The van der Waals surface area contributed by atoms with E-state index in [-0.39, 0.29) is 6.61 Å². The van der Waals surface area contributed by atoms with Gasteiger partial charge in [0, 0.05) is 17.5 Å². The third kappa shape index (κ3) is 2.22. The molecule has 2 rings (SSSR count). The van der Waals surface area contributed by atoms with Gasteiger partial charge in [0.2, 0.25) is 0 Å². The van der Waals surface area contributed by atoms with Gasteiger partial charge in [-0.2, -0.15) is 5.10 Å². The summed E-state index contributed by atoms with van der Waals surface area (Å²) in [6.07, 6.45) is 5.25. The first-order valence-corrected chi connectivity index (χ1v) is 5.92. The standard InChI is InChI=1S/C13H17N3O/c1-3-11-7-12(4-2)16(15-11)13-8-14-6-5-10(13)9-17/h5-8,17H,3-4,9H2,1-2H3. The van der Waals surface area contributed by atoms with Crippen LogP contribution < -0.4 is 0 Å². The van der Waals surface area contributed by atoms with Crippen LogP contribution in [0.15, 0.2) is 24.5 Å². The van der Waals surface area contributed by atoms with E-state index in [1.54, 1.807) is 12.4 Å². The van der Waals surface area contributed by atoms with Crippen LogP contribution in [0.2, 0.25) is 0 Å². The summed E-state index contributed by atoms with van der Waals surface area (Å²) in [5.74, 6) is 0. The smallest absolute Gasteiger partial charge is 0.0887 e. The molecule has 0 radical (unpaired) electrons. The lowest BCUT2D eigenvalue weighted by Gasteiger charge is -2.09. The fourth-order valence-electron chi connectivity index (χ4n) is 1.85. The summed E-state index contributed by atoms with van der Waals surface area (Å²) >= 11 is 0. The van der Waals surface area contributed by atoms with Crippen molar-refractivity contribution in [2.75, 3.05) is 0 Å². The van der Waals surface area contributed by atoms with E-state index in [1.165, 1.54) is 0 Å². The van der Waals surface area contributed by atoms with Crippen LogP contribution in [0, 0.1) is 0 Å². The van der Waals surface area contributed by atoms with Crippen LogP contribution in [0.1, 0.15) is 30.8 Å². The lowest BCUT2D eigenvalue weighted by Crippen LogP contribution is -2.06. The Hall–Kier alpha value is -1.68. The summed E-state index contributed by atoms with van der Waals surface area (Å²) in [6, 6.07) is 3.93. The summed E-state index contributed by atoms with van der Waals surface area (Å²) in [6.45, 7) is 4.19. The molecule has 0 aliphatic carbocycles. The second-order valence-electron chi connectivity index (χ2n) is 3.91. The molecule has 17 heavy (non-hydrogen) atoms. The number of rotatable bonds is 4. The van der Waals surface area contributed by atoms with Gasteiger partial charge in [0.1, 0.15) is 0 Å². The predicted molar refractivity (Wildman–Crippen MR) is 66.0 cm³/mol. The Bertz CT molecular complexity index is 505. The van der Waals surface area contributed by atoms with Crippen LogP contribution >= 0.6 is 0 Å². The topological polar surface area (TPSA) is 50.9 Å². The molecule has 1 N–H and O–H groups in total. The monoisotopic (exact) mass is 231 g/mol. The Labute approximate surface area is 101 Å². The molecule has 2 aromatic heterocycles. The SMILES string of the molecule is CCc1cc(CC)n(-c2cnccc2CO)n1. The van der Waals surface area contributed by atoms with Crippen molar-refractivity contribution in [3.05, 3.63) is 41.5 Å². The number of aromatic nitrogens is 3. The van der Waals surface area contributed by atoms with Gasteiger partial charge in [0.05, 0.1) is 24.2 Å². The van der Waals surface area contributed by atoms with Crippen LogP contribution in [0.4, 0.5) is 0 Å². The zero-order chi connectivity index (χ0) is 12.3. The molecule has 0 aliphatic rings. The van der Waals surface area contributed by atoms with E-state index in [0.29, 0.717) is 0 Å². The van der Waals surface area contributed by atoms with E-state index in [4.69, 9.17) is 0 Å². The fraction of sp³-hybridized carbons (Fsp3) is 0.385. The van der Waals surface area contributed by atoms with E-state index in [1.807, 2.05) is 10.7 Å². The van der Waals surface area contributed by atoms with Crippen molar-refractivity contribution in [3.8, 4) is 5.69 Å². The van der Waals surface area contributed by atoms with E-state index in [9.17, 15) is 5.11 Å². The maximum absolute atomic E-state index is 9.34. The number of pyridine rings is 1. The Balaban J connectivity index is 2.54. The first-order valence-electron chi connectivity index (χ1n) is 5.92. The summed E-state index contributed by atoms with van der Waals surface area (Å²) in [5, 5.41) is 13.9. The predicted octanol–water partition coefficient (Wildman–Crippen LogP) is 1.88. The van der Waals surface area contributed by atoms with Crippen molar-refractivity contribution >= 4 is 0 Å². The number of hydrogen-bond acceptors (Lipinski definition) is 3. The molecular weight excluding hydrogens is 214 g/mol. The first kappa shape index (κ1) is 11.8. The molecule has 2 aromatic rings. The third-order valence-corrected chi connectivity index (χ3v) is 2.84. The summed E-state index contributed by atoms with van der Waals surface area (Å²) in [5.41, 5.74) is 3.92. The fourth-order valence-corrected chi connectivity index (χ4v) is 1.85. The zero-order valence-electron chi connectivity index (χ0n) is 10.2. The lowest BCUT2D eigenvalue weighted by molar-refractivity contribution is 0.281. The molecule has 0 fully saturated rings. The van der Waals surface area contributed by atoms with Gasteiger partial charge in [0.25, 0.3) is 0 Å². The summed E-state index contributed by atoms with van der Waals surface area (Å²) in [7, 11) is 0. The molecule has 0 saturated heterocycles. The number of aliphatic hydroxyl groups excluding tert-OH is 1. The van der Waals surface area contributed by atoms with Gasteiger partial charge in [-0.25, -0.2) is 4.68 Å². The van der Waals surface area contributed by atoms with Crippen molar-refractivity contribution < 1.29 is 5.11 Å². The highest BCUT2D eigenvalue weighted by molar-refractivity contribution is 5.39. The molecule has 0 bridgehead atoms. The van der Waals surface area contributed by atoms with Gasteiger partial charge < -0.3 is 5.11 Å². The van der Waals surface area contributed by atoms with Crippen LogP contribution in [-0.2, 0) is 19.4 Å². The molecule has 4 nitrogen and oxygen atoms in total. The van der Waals surface area contributed by atoms with Crippen LogP contribution in [0.5, 0.6) is 0 Å². The van der Waals surface area contributed by atoms with E-state index >= 15 is 0 Å². The molecule has 0 amide bonds. The third-order valence-electron chi connectivity index (χ3n) is 2.84. The van der Waals surface area contributed by atoms with Gasteiger partial charge in [-0.05, 0) is 25.0 Å². The van der Waals surface area contributed by atoms with Crippen molar-refractivity contribution in [2.24, 2.45) is 0 Å². The Morgan fingerprint density at radius 1 is 1.29 bits per heavy atom. The van der Waals surface area contributed by atoms with E-state index in [0.717, 1.165) is 35.5 Å². The zero-order valence-corrected chi connectivity index (χ0v) is 10.2. The van der Waals surface area contributed by atoms with Crippen molar-refractivity contribution in [3.63, 3.8) is 0 Å². The van der Waals surface area contributed by atoms with Gasteiger partial charge in [0.15, 0.2) is 0 Å². The molecule has 2 heterocycles. The summed E-state index contributed by atoms with van der Waals surface area (Å²) < 4.78 is 1.89. The van der Waals surface area contributed by atoms with Gasteiger partial charge in [-0.3, -0.25) is 4.98 Å². The molecule has 4 heteroatoms. The van der Waals surface area contributed by atoms with E-state index in [2.05, 4.69) is 30.0 Å². The highest BCUT2D eigenvalue weighted by Crippen LogP contribution is 2.17. The molecule has 0 aromatic carbocycles. The van der Waals surface area contributed by atoms with Crippen LogP contribution in [0.25, 0.3) is 5.69 Å². The number of hydrogen-bond donors (Lipinski definition) is 1. The largest absolute Gasteiger partial charge is 0.392 e. The average Bonchev–Trinajstić information content (AvgIpc) is 2.81. The van der Waals surface area contributed by atoms with Crippen molar-refractivity contribution in [2.45, 2.75) is 33.3 Å². The normalized spacial score (nSPS) is 10.8. The maximum atomic E-state index is 9.34. The van der Waals surface area contributed by atoms with Crippen LogP contribution in [0.3, 0.4) is 0 Å². The Morgan fingerprint density at radius 2 is 2.12 bits per heavy atom. The molecule has 0 saturated carbocycles. The second-order valence-corrected chi connectivity index (χ2v) is 3.91. The highest BCUT2D eigenvalue weighted by atomic mass is 16.3. The van der Waals surface area contributed by atoms with Gasteiger partial charge in [-0.15, -0.1) is 0 Å². The molecular formula is C13H17N3O. The minimum absolute atomic E-state index is 0.00231. The molecule has 90 valence electrons. The number of aliphatic hydroxyl groups is 1. The second kappa shape index (κ2) is 5.10. The molecule has 0 unspecified atom stereocenters. The van der Waals surface area contributed by atoms with Gasteiger partial charge in [-0.1, -0.05) is 13.8 Å². The van der Waals surface area contributed by atoms with Crippen molar-refractivity contribution in [1.29, 1.82) is 0 Å². The van der Waals surface area contributed by atoms with E-state index < -0.39 is 0 Å². The summed E-state index contributed by atoms with van der Waals surface area (Å²) in [4.78, 5) is 4.11. The molecule has 0 atom stereocenters. The molecule has 0 aliphatic heterocycles. The van der Waals surface area contributed by atoms with Gasteiger partial charge >= 0.3 is 0 Å². The Morgan fingerprint density at radius 3 is 2.76 bits per heavy atom. The van der Waals surface area contributed by atoms with Crippen molar-refractivity contribution in [1.82, 2.24) is 14.8 Å². The molecule has 0 spiro atoms. The Kier molecular flexibility index (Phi) is 3.54. The van der Waals surface area contributed by atoms with Crippen LogP contribution in [-0.4, -0.2) is 19.9 Å². The first-order chi connectivity index (χ1) is 8.30. The minimum atomic E-state index is 0.00231. The number of nitrogens with zero attached hydrogens (tertiary/aromatic N) is 3. The number of aryl methyl sites for hydroxylation is 2. The average molecular weight is 231 g/mol.